The first kappa shape index (κ1) is 16.1. The molecule has 4 aromatic heterocycles. The number of imidazole rings is 1. The number of furan rings is 1. The second-order valence-electron chi connectivity index (χ2n) is 8.94. The number of hydrogen-bond acceptors (Lipinski definition) is 3. The number of nitrogens with zero attached hydrogens (tertiary/aromatic N) is 3. The standard InChI is InChI=1S/C27H23N3O/c1-27(2,3)16-17-11-13-28-21(15-17)18-7-6-10-23-24(18)19-12-14-30-22-9-5-4-8-20(22)29-26(30)25(19)31-23/h4-15H,16H2,1-3H3/i16D2. The second-order valence-corrected chi connectivity index (χ2v) is 8.94. The van der Waals surface area contributed by atoms with Crippen molar-refractivity contribution in [2.45, 2.75) is 27.1 Å². The Bertz CT molecular complexity index is 1690. The Morgan fingerprint density at radius 3 is 2.77 bits per heavy atom. The number of benzene rings is 2. The molecule has 2 aromatic carbocycles. The van der Waals surface area contributed by atoms with E-state index in [1.807, 2.05) is 75.5 Å². The van der Waals surface area contributed by atoms with E-state index >= 15 is 0 Å². The van der Waals surface area contributed by atoms with Gasteiger partial charge in [-0.1, -0.05) is 45.0 Å². The normalized spacial score (nSPS) is 13.9. The Labute approximate surface area is 183 Å². The van der Waals surface area contributed by atoms with E-state index in [4.69, 9.17) is 12.1 Å². The minimum Gasteiger partial charge on any atom is -0.452 e. The van der Waals surface area contributed by atoms with Gasteiger partial charge in [0.15, 0.2) is 11.2 Å². The molecule has 0 bridgehead atoms. The first-order valence-electron chi connectivity index (χ1n) is 11.4. The second kappa shape index (κ2) is 6.42. The van der Waals surface area contributed by atoms with E-state index in [-0.39, 0.29) is 0 Å². The fourth-order valence-corrected chi connectivity index (χ4v) is 4.30. The summed E-state index contributed by atoms with van der Waals surface area (Å²) >= 11 is 0. The van der Waals surface area contributed by atoms with Crippen molar-refractivity contribution >= 4 is 38.6 Å². The lowest BCUT2D eigenvalue weighted by atomic mass is 9.88. The van der Waals surface area contributed by atoms with Crippen LogP contribution >= 0.6 is 0 Å². The van der Waals surface area contributed by atoms with Crippen molar-refractivity contribution in [2.75, 3.05) is 0 Å². The fraction of sp³-hybridized carbons (Fsp3) is 0.185. The number of rotatable bonds is 2. The van der Waals surface area contributed by atoms with Gasteiger partial charge >= 0.3 is 0 Å². The van der Waals surface area contributed by atoms with Crippen LogP contribution in [0, 0.1) is 5.41 Å². The maximum atomic E-state index is 8.69. The van der Waals surface area contributed by atoms with Gasteiger partial charge in [0.2, 0.25) is 0 Å². The molecule has 0 spiro atoms. The maximum absolute atomic E-state index is 8.69. The maximum Gasteiger partial charge on any atom is 0.182 e. The summed E-state index contributed by atoms with van der Waals surface area (Å²) in [5.74, 6) is 0. The average Bonchev–Trinajstić information content (AvgIpc) is 3.36. The van der Waals surface area contributed by atoms with Gasteiger partial charge in [0.05, 0.1) is 16.7 Å². The van der Waals surface area contributed by atoms with Crippen molar-refractivity contribution in [1.29, 1.82) is 0 Å². The summed E-state index contributed by atoms with van der Waals surface area (Å²) in [6, 6.07) is 19.6. The fourth-order valence-electron chi connectivity index (χ4n) is 4.30. The highest BCUT2D eigenvalue weighted by Crippen LogP contribution is 2.38. The zero-order valence-electron chi connectivity index (χ0n) is 19.7. The Morgan fingerprint density at radius 1 is 1.03 bits per heavy atom. The quantitative estimate of drug-likeness (QED) is 0.309. The summed E-state index contributed by atoms with van der Waals surface area (Å²) < 4.78 is 25.8. The van der Waals surface area contributed by atoms with Crippen LogP contribution in [0.2, 0.25) is 0 Å². The molecule has 0 aliphatic rings. The van der Waals surface area contributed by atoms with Gasteiger partial charge in [0.1, 0.15) is 5.58 Å². The van der Waals surface area contributed by atoms with Gasteiger partial charge < -0.3 is 4.42 Å². The molecule has 0 aliphatic heterocycles. The highest BCUT2D eigenvalue weighted by molar-refractivity contribution is 6.15. The van der Waals surface area contributed by atoms with Crippen molar-refractivity contribution in [3.63, 3.8) is 0 Å². The number of aromatic nitrogens is 3. The van der Waals surface area contributed by atoms with Crippen LogP contribution in [0.5, 0.6) is 0 Å². The van der Waals surface area contributed by atoms with Crippen LogP contribution in [0.4, 0.5) is 0 Å². The zero-order valence-corrected chi connectivity index (χ0v) is 17.7. The van der Waals surface area contributed by atoms with E-state index < -0.39 is 11.8 Å². The summed E-state index contributed by atoms with van der Waals surface area (Å²) in [5, 5.41) is 1.93. The van der Waals surface area contributed by atoms with Crippen LogP contribution < -0.4 is 0 Å². The third kappa shape index (κ3) is 2.90. The molecule has 0 atom stereocenters. The Morgan fingerprint density at radius 2 is 1.90 bits per heavy atom. The number of pyridine rings is 2. The molecule has 0 N–H and O–H groups in total. The molecule has 152 valence electrons. The first-order chi connectivity index (χ1) is 15.8. The van der Waals surface area contributed by atoms with Gasteiger partial charge in [-0.25, -0.2) is 4.98 Å². The van der Waals surface area contributed by atoms with E-state index in [2.05, 4.69) is 15.5 Å². The molecule has 0 aliphatic carbocycles. The lowest BCUT2D eigenvalue weighted by Crippen LogP contribution is -2.09. The number of hydrogen-bond donors (Lipinski definition) is 0. The van der Waals surface area contributed by atoms with E-state index in [0.717, 1.165) is 49.9 Å². The molecule has 0 fully saturated rings. The van der Waals surface area contributed by atoms with Crippen LogP contribution in [0.3, 0.4) is 0 Å². The van der Waals surface area contributed by atoms with Gasteiger partial charge in [0.25, 0.3) is 0 Å². The molecule has 6 aromatic rings. The van der Waals surface area contributed by atoms with E-state index in [9.17, 15) is 0 Å². The van der Waals surface area contributed by atoms with Crippen LogP contribution in [0.15, 0.2) is 77.5 Å². The smallest absolute Gasteiger partial charge is 0.182 e. The van der Waals surface area contributed by atoms with Crippen molar-refractivity contribution in [3.8, 4) is 11.3 Å². The van der Waals surface area contributed by atoms with Gasteiger partial charge in [-0.2, -0.15) is 0 Å². The summed E-state index contributed by atoms with van der Waals surface area (Å²) in [5.41, 5.74) is 5.94. The lowest BCUT2D eigenvalue weighted by Gasteiger charge is -2.18. The summed E-state index contributed by atoms with van der Waals surface area (Å²) in [6.07, 6.45) is 2.22. The van der Waals surface area contributed by atoms with E-state index in [0.29, 0.717) is 5.56 Å². The Kier molecular flexibility index (Phi) is 3.33. The molecule has 31 heavy (non-hydrogen) atoms. The molecule has 6 rings (SSSR count). The van der Waals surface area contributed by atoms with Gasteiger partial charge in [-0.05, 0) is 53.7 Å². The zero-order chi connectivity index (χ0) is 23.0. The predicted octanol–water partition coefficient (Wildman–Crippen LogP) is 7.04. The van der Waals surface area contributed by atoms with Crippen molar-refractivity contribution in [2.24, 2.45) is 5.41 Å². The van der Waals surface area contributed by atoms with Crippen molar-refractivity contribution in [1.82, 2.24) is 14.4 Å². The van der Waals surface area contributed by atoms with Crippen molar-refractivity contribution in [3.05, 3.63) is 78.6 Å². The topological polar surface area (TPSA) is 43.3 Å². The molecular formula is C27H23N3O. The van der Waals surface area contributed by atoms with E-state index in [1.165, 1.54) is 0 Å². The minimum absolute atomic E-state index is 0.547. The monoisotopic (exact) mass is 407 g/mol. The van der Waals surface area contributed by atoms with E-state index in [1.54, 1.807) is 12.3 Å². The van der Waals surface area contributed by atoms with Gasteiger partial charge in [0, 0.05) is 31.5 Å². The number of fused-ring (bicyclic) bond motifs is 7. The third-order valence-electron chi connectivity index (χ3n) is 5.50. The first-order valence-corrected chi connectivity index (χ1v) is 10.4. The van der Waals surface area contributed by atoms with Crippen molar-refractivity contribution < 1.29 is 7.16 Å². The molecule has 4 heteroatoms. The molecule has 0 unspecified atom stereocenters. The highest BCUT2D eigenvalue weighted by Gasteiger charge is 2.18. The molecule has 0 radical (unpaired) electrons. The van der Waals surface area contributed by atoms with Crippen LogP contribution in [0.1, 0.15) is 29.1 Å². The Hall–Kier alpha value is -3.66. The summed E-state index contributed by atoms with van der Waals surface area (Å²) in [7, 11) is 0. The van der Waals surface area contributed by atoms with Gasteiger partial charge in [-0.15, -0.1) is 0 Å². The third-order valence-corrected chi connectivity index (χ3v) is 5.50. The molecule has 4 heterocycles. The van der Waals surface area contributed by atoms with Gasteiger partial charge in [-0.3, -0.25) is 9.38 Å². The summed E-state index contributed by atoms with van der Waals surface area (Å²) in [4.78, 5) is 9.43. The Balaban J connectivity index is 1.63. The molecule has 4 nitrogen and oxygen atoms in total. The molecular weight excluding hydrogens is 382 g/mol. The molecule has 0 saturated carbocycles. The summed E-state index contributed by atoms with van der Waals surface area (Å²) in [6.45, 7) is 5.74. The lowest BCUT2D eigenvalue weighted by molar-refractivity contribution is 0.411. The average molecular weight is 408 g/mol. The van der Waals surface area contributed by atoms with Crippen LogP contribution in [-0.4, -0.2) is 14.4 Å². The highest BCUT2D eigenvalue weighted by atomic mass is 16.3. The molecule has 0 saturated heterocycles. The minimum atomic E-state index is -1.50. The number of para-hydroxylation sites is 2. The van der Waals surface area contributed by atoms with Crippen LogP contribution in [-0.2, 0) is 6.37 Å². The largest absolute Gasteiger partial charge is 0.452 e. The molecule has 0 amide bonds. The SMILES string of the molecule is [2H]C([2H])(c1ccnc(-c2cccc3oc4c(ccn5c6ccccc6nc45)c23)c1)C(C)(C)C. The predicted molar refractivity (Wildman–Crippen MR) is 126 cm³/mol. The van der Waals surface area contributed by atoms with Crippen LogP contribution in [0.25, 0.3) is 49.9 Å².